The van der Waals surface area contributed by atoms with Gasteiger partial charge in [-0.15, -0.1) is 0 Å². The summed E-state index contributed by atoms with van der Waals surface area (Å²) in [5, 5.41) is 54.0. The minimum absolute atomic E-state index is 0.0986. The molecule has 0 bridgehead atoms. The number of carbonyl (C=O) groups is 12. The summed E-state index contributed by atoms with van der Waals surface area (Å²) in [6.07, 6.45) is -3.85. The first-order valence-corrected chi connectivity index (χ1v) is 21.1. The number of nitrogens with two attached hydrogens (primary N) is 3. The molecule has 1 aromatic carbocycles. The van der Waals surface area contributed by atoms with Gasteiger partial charge in [0.2, 0.25) is 53.2 Å². The number of aromatic nitrogens is 2. The van der Waals surface area contributed by atoms with E-state index in [1.807, 2.05) is 5.32 Å². The Labute approximate surface area is 393 Å². The number of hydrogen-bond acceptors (Lipinski definition) is 15. The van der Waals surface area contributed by atoms with E-state index in [9.17, 15) is 78.0 Å². The summed E-state index contributed by atoms with van der Waals surface area (Å²) in [5.74, 6) is -15.9. The molecular weight excluding hydrogens is 917 g/mol. The van der Waals surface area contributed by atoms with Crippen LogP contribution in [0.5, 0.6) is 0 Å². The third-order valence-electron chi connectivity index (χ3n) is 9.95. The number of aliphatic hydroxyl groups excluding tert-OH is 1. The van der Waals surface area contributed by atoms with E-state index in [-0.39, 0.29) is 12.1 Å². The van der Waals surface area contributed by atoms with Crippen molar-refractivity contribution in [3.05, 3.63) is 54.1 Å². The molecule has 1 heterocycles. The number of carbonyl (C=O) groups excluding carboxylic acids is 9. The Morgan fingerprint density at radius 2 is 1.04 bits per heavy atom. The highest BCUT2D eigenvalue weighted by atomic mass is 16.4. The van der Waals surface area contributed by atoms with Crippen molar-refractivity contribution in [2.24, 2.45) is 23.1 Å². The summed E-state index contributed by atoms with van der Waals surface area (Å²) in [6.45, 7) is 4.29. The predicted octanol–water partition coefficient (Wildman–Crippen LogP) is -5.87. The van der Waals surface area contributed by atoms with Crippen LogP contribution < -0.4 is 54.4 Å². The third-order valence-corrected chi connectivity index (χ3v) is 9.95. The van der Waals surface area contributed by atoms with Crippen molar-refractivity contribution >= 4 is 71.1 Å². The average molecular weight is 975 g/mol. The number of carboxylic acid groups (broad SMARTS) is 3. The zero-order valence-corrected chi connectivity index (χ0v) is 37.6. The van der Waals surface area contributed by atoms with Gasteiger partial charge in [0, 0.05) is 31.2 Å². The molecule has 0 fully saturated rings. The van der Waals surface area contributed by atoms with E-state index in [1.165, 1.54) is 33.3 Å². The molecule has 2 aromatic rings. The van der Waals surface area contributed by atoms with Crippen LogP contribution in [-0.4, -0.2) is 156 Å². The Morgan fingerprint density at radius 1 is 0.580 bits per heavy atom. The normalized spacial score (nSPS) is 14.9. The van der Waals surface area contributed by atoms with Gasteiger partial charge in [-0.1, -0.05) is 44.2 Å². The zero-order valence-electron chi connectivity index (χ0n) is 37.6. The third kappa shape index (κ3) is 20.2. The molecule has 1 aromatic heterocycles. The van der Waals surface area contributed by atoms with Gasteiger partial charge in [0.1, 0.15) is 48.3 Å². The van der Waals surface area contributed by atoms with E-state index in [0.29, 0.717) is 5.56 Å². The minimum atomic E-state index is -2.02. The number of rotatable bonds is 30. The van der Waals surface area contributed by atoms with Gasteiger partial charge in [-0.25, -0.2) is 9.78 Å². The number of nitrogens with zero attached hydrogens (tertiary/aromatic N) is 1. The van der Waals surface area contributed by atoms with E-state index in [2.05, 4.69) is 41.9 Å². The average Bonchev–Trinajstić information content (AvgIpc) is 3.78. The van der Waals surface area contributed by atoms with E-state index in [1.54, 1.807) is 30.3 Å². The van der Waals surface area contributed by atoms with Crippen molar-refractivity contribution < 1.29 is 78.0 Å². The Hall–Kier alpha value is -8.01. The zero-order chi connectivity index (χ0) is 52.1. The maximum absolute atomic E-state index is 13.9. The number of benzene rings is 1. The summed E-state index contributed by atoms with van der Waals surface area (Å²) in [7, 11) is 0. The summed E-state index contributed by atoms with van der Waals surface area (Å²) < 4.78 is 0. The summed E-state index contributed by atoms with van der Waals surface area (Å²) >= 11 is 0. The highest BCUT2D eigenvalue weighted by Gasteiger charge is 2.37. The molecule has 378 valence electrons. The summed E-state index contributed by atoms with van der Waals surface area (Å²) in [6, 6.07) is -5.35. The van der Waals surface area contributed by atoms with Crippen molar-refractivity contribution in [1.29, 1.82) is 0 Å². The molecule has 0 radical (unpaired) electrons. The van der Waals surface area contributed by atoms with Crippen molar-refractivity contribution in [2.75, 3.05) is 0 Å². The Morgan fingerprint density at radius 3 is 1.54 bits per heavy atom. The molecule has 0 saturated heterocycles. The fraction of sp³-hybridized carbons (Fsp3) is 0.488. The number of amides is 9. The number of imidazole rings is 1. The first-order valence-electron chi connectivity index (χ1n) is 21.1. The van der Waals surface area contributed by atoms with Crippen molar-refractivity contribution in [2.45, 2.75) is 120 Å². The van der Waals surface area contributed by atoms with Crippen LogP contribution in [0.1, 0.15) is 64.1 Å². The molecule has 18 N–H and O–H groups in total. The highest BCUT2D eigenvalue weighted by molar-refractivity contribution is 5.99. The van der Waals surface area contributed by atoms with Crippen LogP contribution in [0, 0.1) is 5.92 Å². The smallest absolute Gasteiger partial charge is 0.326 e. The quantitative estimate of drug-likeness (QED) is 0.0347. The molecule has 69 heavy (non-hydrogen) atoms. The van der Waals surface area contributed by atoms with Crippen LogP contribution in [0.2, 0.25) is 0 Å². The summed E-state index contributed by atoms with van der Waals surface area (Å²) in [4.78, 5) is 160. The Balaban J connectivity index is 2.43. The largest absolute Gasteiger partial charge is 0.481 e. The lowest BCUT2D eigenvalue weighted by Gasteiger charge is -2.29. The molecule has 0 spiro atoms. The number of aliphatic hydroxyl groups is 1. The predicted molar refractivity (Wildman–Crippen MR) is 235 cm³/mol. The van der Waals surface area contributed by atoms with E-state index < -0.39 is 170 Å². The molecule has 0 aliphatic heterocycles. The van der Waals surface area contributed by atoms with Gasteiger partial charge in [-0.05, 0) is 24.8 Å². The number of nitrogens with one attached hydrogen (secondary N) is 8. The van der Waals surface area contributed by atoms with Gasteiger partial charge in [0.25, 0.3) is 0 Å². The maximum Gasteiger partial charge on any atom is 0.326 e. The fourth-order valence-corrected chi connectivity index (χ4v) is 6.24. The van der Waals surface area contributed by atoms with Gasteiger partial charge in [-0.2, -0.15) is 0 Å². The van der Waals surface area contributed by atoms with Crippen LogP contribution in [0.15, 0.2) is 42.9 Å². The Bertz CT molecular complexity index is 2170. The number of primary amides is 2. The number of aliphatic carboxylic acids is 3. The standard InChI is InChI=1S/C41H58N12O16/c1-18(2)33(53-38(65)23(11-20-7-5-4-6-8-20)51-39(66)32(44)19(3)54)40(67)47-22(9-10-30(57)58)34(61)49-25(13-28(42)55)36(63)48-24(12-21-16-45-17-46-21)35(62)50-26(15-31(59)60)37(64)52-27(41(68)69)14-29(43)56/h4-8,16-19,22-27,32-33,54H,9-15,44H2,1-3H3,(H2,42,55)(H2,43,56)(H,45,46)(H,47,67)(H,48,63)(H,49,61)(H,50,62)(H,51,66)(H,52,64)(H,53,65)(H,57,58)(H,59,60)(H,68,69). The van der Waals surface area contributed by atoms with Gasteiger partial charge in [0.15, 0.2) is 0 Å². The van der Waals surface area contributed by atoms with Crippen molar-refractivity contribution in [3.63, 3.8) is 0 Å². The lowest BCUT2D eigenvalue weighted by Crippen LogP contribution is -2.61. The second-order valence-electron chi connectivity index (χ2n) is 16.0. The van der Waals surface area contributed by atoms with Crippen molar-refractivity contribution in [3.8, 4) is 0 Å². The number of hydrogen-bond donors (Lipinski definition) is 15. The number of aromatic amines is 1. The van der Waals surface area contributed by atoms with Crippen LogP contribution in [0.25, 0.3) is 0 Å². The van der Waals surface area contributed by atoms with Gasteiger partial charge in [-0.3, -0.25) is 52.7 Å². The van der Waals surface area contributed by atoms with Crippen molar-refractivity contribution in [1.82, 2.24) is 47.2 Å². The SMILES string of the molecule is CC(C)C(NC(=O)C(Cc1ccccc1)NC(=O)C(N)C(C)O)C(=O)NC(CCC(=O)O)C(=O)NC(CC(N)=O)C(=O)NC(Cc1cnc[nH]1)C(=O)NC(CC(=O)O)C(=O)NC(CC(N)=O)C(=O)O. The highest BCUT2D eigenvalue weighted by Crippen LogP contribution is 2.11. The summed E-state index contributed by atoms with van der Waals surface area (Å²) in [5.41, 5.74) is 17.0. The topological polar surface area (TPSA) is 477 Å². The van der Waals surface area contributed by atoms with Gasteiger partial charge >= 0.3 is 17.9 Å². The molecule has 0 saturated carbocycles. The lowest BCUT2D eigenvalue weighted by molar-refractivity contribution is -0.145. The van der Waals surface area contributed by atoms with E-state index >= 15 is 0 Å². The van der Waals surface area contributed by atoms with Crippen LogP contribution in [-0.2, 0) is 70.4 Å². The van der Waals surface area contributed by atoms with Crippen LogP contribution in [0.3, 0.4) is 0 Å². The molecule has 0 aliphatic carbocycles. The fourth-order valence-electron chi connectivity index (χ4n) is 6.24. The van der Waals surface area contributed by atoms with Crippen LogP contribution >= 0.6 is 0 Å². The second kappa shape index (κ2) is 27.6. The molecule has 28 nitrogen and oxygen atoms in total. The molecule has 9 unspecified atom stereocenters. The number of H-pyrrole nitrogens is 1. The van der Waals surface area contributed by atoms with Gasteiger partial charge < -0.3 is 79.8 Å². The first kappa shape index (κ1) is 57.1. The molecular formula is C41H58N12O16. The monoisotopic (exact) mass is 974 g/mol. The molecule has 9 atom stereocenters. The Kier molecular flexibility index (Phi) is 22.8. The minimum Gasteiger partial charge on any atom is -0.481 e. The van der Waals surface area contributed by atoms with E-state index in [0.717, 1.165) is 0 Å². The molecule has 9 amide bonds. The molecule has 0 aliphatic rings. The number of carboxylic acids is 3. The lowest BCUT2D eigenvalue weighted by atomic mass is 9.99. The van der Waals surface area contributed by atoms with Crippen LogP contribution in [0.4, 0.5) is 0 Å². The second-order valence-corrected chi connectivity index (χ2v) is 16.0. The van der Waals surface area contributed by atoms with E-state index in [4.69, 9.17) is 17.2 Å². The molecule has 2 rings (SSSR count). The molecule has 28 heteroatoms. The first-order chi connectivity index (χ1) is 32.3. The maximum atomic E-state index is 13.9. The van der Waals surface area contributed by atoms with Gasteiger partial charge in [0.05, 0.1) is 31.7 Å².